The molecule has 0 amide bonds. The fourth-order valence-corrected chi connectivity index (χ4v) is 4.69. The number of hydrogen-bond acceptors (Lipinski definition) is 4. The van der Waals surface area contributed by atoms with E-state index in [0.29, 0.717) is 17.5 Å². The van der Waals surface area contributed by atoms with E-state index in [-0.39, 0.29) is 5.54 Å². The Morgan fingerprint density at radius 3 is 2.47 bits per heavy atom. The van der Waals surface area contributed by atoms with Crippen molar-refractivity contribution in [1.82, 2.24) is 4.90 Å². The van der Waals surface area contributed by atoms with Crippen molar-refractivity contribution in [3.8, 4) is 0 Å². The summed E-state index contributed by atoms with van der Waals surface area (Å²) in [4.78, 5) is 2.61. The fraction of sp³-hybridized carbons (Fsp3) is 1.00. The summed E-state index contributed by atoms with van der Waals surface area (Å²) in [6.45, 7) is 9.54. The molecule has 17 heavy (non-hydrogen) atoms. The Morgan fingerprint density at radius 2 is 1.94 bits per heavy atom. The summed E-state index contributed by atoms with van der Waals surface area (Å²) in [5, 5.41) is 0.638. The zero-order chi connectivity index (χ0) is 12.5. The van der Waals surface area contributed by atoms with Gasteiger partial charge in [0.1, 0.15) is 0 Å². The van der Waals surface area contributed by atoms with E-state index >= 15 is 0 Å². The minimum Gasteiger partial charge on any atom is -0.373 e. The zero-order valence-electron chi connectivity index (χ0n) is 11.3. The molecule has 0 aliphatic carbocycles. The van der Waals surface area contributed by atoms with Crippen LogP contribution in [0.15, 0.2) is 0 Å². The molecule has 2 aliphatic heterocycles. The van der Waals surface area contributed by atoms with Crippen molar-refractivity contribution in [2.45, 2.75) is 56.6 Å². The van der Waals surface area contributed by atoms with Crippen molar-refractivity contribution >= 4 is 11.8 Å². The molecule has 2 fully saturated rings. The van der Waals surface area contributed by atoms with Crippen LogP contribution in [-0.4, -0.2) is 53.3 Å². The van der Waals surface area contributed by atoms with Crippen molar-refractivity contribution in [2.75, 3.05) is 25.4 Å². The van der Waals surface area contributed by atoms with Crippen molar-refractivity contribution in [3.63, 3.8) is 0 Å². The molecule has 0 aromatic heterocycles. The molecular formula is C13H26N2OS. The van der Waals surface area contributed by atoms with Crippen LogP contribution in [0.25, 0.3) is 0 Å². The fourth-order valence-electron chi connectivity index (χ4n) is 3.35. The predicted octanol–water partition coefficient (Wildman–Crippen LogP) is 1.71. The lowest BCUT2D eigenvalue weighted by atomic mass is 9.86. The second-order valence-corrected chi connectivity index (χ2v) is 7.04. The van der Waals surface area contributed by atoms with Crippen molar-refractivity contribution in [1.29, 1.82) is 0 Å². The average Bonchev–Trinajstić information content (AvgIpc) is 2.28. The third kappa shape index (κ3) is 2.65. The Kier molecular flexibility index (Phi) is 4.40. The van der Waals surface area contributed by atoms with Gasteiger partial charge in [-0.3, -0.25) is 4.90 Å². The summed E-state index contributed by atoms with van der Waals surface area (Å²) in [7, 11) is 0. The minimum atomic E-state index is 0.204. The van der Waals surface area contributed by atoms with Crippen LogP contribution in [0.1, 0.15) is 33.6 Å². The Labute approximate surface area is 109 Å². The maximum absolute atomic E-state index is 6.15. The molecule has 4 unspecified atom stereocenters. The van der Waals surface area contributed by atoms with Crippen LogP contribution in [0, 0.1) is 0 Å². The second kappa shape index (κ2) is 5.47. The van der Waals surface area contributed by atoms with Gasteiger partial charge in [0.25, 0.3) is 0 Å². The van der Waals surface area contributed by atoms with E-state index in [1.165, 1.54) is 18.6 Å². The molecule has 0 aromatic rings. The van der Waals surface area contributed by atoms with Crippen molar-refractivity contribution < 1.29 is 4.74 Å². The molecule has 0 radical (unpaired) electrons. The van der Waals surface area contributed by atoms with Gasteiger partial charge in [0.15, 0.2) is 0 Å². The monoisotopic (exact) mass is 258 g/mol. The number of rotatable bonds is 2. The number of hydrogen-bond donors (Lipinski definition) is 1. The molecule has 4 heteroatoms. The van der Waals surface area contributed by atoms with Gasteiger partial charge in [-0.2, -0.15) is 11.8 Å². The largest absolute Gasteiger partial charge is 0.373 e. The van der Waals surface area contributed by atoms with Gasteiger partial charge in [0.05, 0.1) is 12.2 Å². The van der Waals surface area contributed by atoms with Gasteiger partial charge in [0, 0.05) is 30.4 Å². The molecule has 2 heterocycles. The standard InChI is InChI=1S/C13H26N2OS/c1-10-7-15(8-11(2)16-10)13(9-14)5-4-6-17-12(13)3/h10-12H,4-9,14H2,1-3H3. The van der Waals surface area contributed by atoms with Crippen LogP contribution in [0.4, 0.5) is 0 Å². The summed E-state index contributed by atoms with van der Waals surface area (Å²) in [5.41, 5.74) is 6.36. The van der Waals surface area contributed by atoms with Gasteiger partial charge in [0.2, 0.25) is 0 Å². The highest BCUT2D eigenvalue weighted by Gasteiger charge is 2.44. The van der Waals surface area contributed by atoms with E-state index in [4.69, 9.17) is 10.5 Å². The smallest absolute Gasteiger partial charge is 0.0678 e. The quantitative estimate of drug-likeness (QED) is 0.818. The Balaban J connectivity index is 2.15. The molecule has 0 aromatic carbocycles. The number of nitrogens with zero attached hydrogens (tertiary/aromatic N) is 1. The Hall–Kier alpha value is 0.230. The van der Waals surface area contributed by atoms with Gasteiger partial charge in [-0.25, -0.2) is 0 Å². The van der Waals surface area contributed by atoms with Gasteiger partial charge in [-0.05, 0) is 32.4 Å². The second-order valence-electron chi connectivity index (χ2n) is 5.59. The molecule has 0 bridgehead atoms. The molecule has 2 rings (SSSR count). The van der Waals surface area contributed by atoms with Gasteiger partial charge in [-0.1, -0.05) is 6.92 Å². The van der Waals surface area contributed by atoms with E-state index in [2.05, 4.69) is 37.4 Å². The molecule has 3 nitrogen and oxygen atoms in total. The third-order valence-electron chi connectivity index (χ3n) is 4.28. The normalized spacial score (nSPS) is 44.8. The number of nitrogens with two attached hydrogens (primary N) is 1. The highest BCUT2D eigenvalue weighted by Crippen LogP contribution is 2.39. The maximum atomic E-state index is 6.15. The summed E-state index contributed by atoms with van der Waals surface area (Å²) in [5.74, 6) is 1.29. The maximum Gasteiger partial charge on any atom is 0.0678 e. The zero-order valence-corrected chi connectivity index (χ0v) is 12.1. The molecule has 2 N–H and O–H groups in total. The van der Waals surface area contributed by atoms with Crippen LogP contribution in [0.2, 0.25) is 0 Å². The Morgan fingerprint density at radius 1 is 1.29 bits per heavy atom. The van der Waals surface area contributed by atoms with Gasteiger partial charge >= 0.3 is 0 Å². The molecule has 4 atom stereocenters. The van der Waals surface area contributed by atoms with Crippen molar-refractivity contribution in [2.24, 2.45) is 5.73 Å². The first-order chi connectivity index (χ1) is 8.08. The topological polar surface area (TPSA) is 38.5 Å². The first-order valence-corrected chi connectivity index (χ1v) is 7.85. The third-order valence-corrected chi connectivity index (χ3v) is 5.74. The van der Waals surface area contributed by atoms with E-state index < -0.39 is 0 Å². The van der Waals surface area contributed by atoms with E-state index in [1.807, 2.05) is 0 Å². The van der Waals surface area contributed by atoms with E-state index in [9.17, 15) is 0 Å². The molecular weight excluding hydrogens is 232 g/mol. The number of morpholine rings is 1. The van der Waals surface area contributed by atoms with E-state index in [1.54, 1.807) is 0 Å². The van der Waals surface area contributed by atoms with E-state index in [0.717, 1.165) is 19.6 Å². The van der Waals surface area contributed by atoms with Crippen LogP contribution in [-0.2, 0) is 4.74 Å². The lowest BCUT2D eigenvalue weighted by Crippen LogP contribution is -2.65. The van der Waals surface area contributed by atoms with Gasteiger partial charge < -0.3 is 10.5 Å². The molecule has 100 valence electrons. The minimum absolute atomic E-state index is 0.204. The SMILES string of the molecule is CC1CN(C2(CN)CCCSC2C)CC(C)O1. The summed E-state index contributed by atoms with van der Waals surface area (Å²) in [6.07, 6.45) is 3.21. The first-order valence-electron chi connectivity index (χ1n) is 6.80. The Bertz CT molecular complexity index is 254. The van der Waals surface area contributed by atoms with Crippen LogP contribution < -0.4 is 5.73 Å². The van der Waals surface area contributed by atoms with Gasteiger partial charge in [-0.15, -0.1) is 0 Å². The highest BCUT2D eigenvalue weighted by molar-refractivity contribution is 8.00. The molecule has 2 aliphatic rings. The summed E-state index contributed by atoms with van der Waals surface area (Å²) >= 11 is 2.08. The van der Waals surface area contributed by atoms with Crippen LogP contribution >= 0.6 is 11.8 Å². The van der Waals surface area contributed by atoms with Crippen LogP contribution in [0.3, 0.4) is 0 Å². The average molecular weight is 258 g/mol. The highest BCUT2D eigenvalue weighted by atomic mass is 32.2. The first kappa shape index (κ1) is 13.7. The van der Waals surface area contributed by atoms with Crippen LogP contribution in [0.5, 0.6) is 0 Å². The lowest BCUT2D eigenvalue weighted by Gasteiger charge is -2.53. The lowest BCUT2D eigenvalue weighted by molar-refractivity contribution is -0.103. The number of ether oxygens (including phenoxy) is 1. The molecule has 0 spiro atoms. The predicted molar refractivity (Wildman–Crippen MR) is 74.5 cm³/mol. The molecule has 2 saturated heterocycles. The van der Waals surface area contributed by atoms with Crippen molar-refractivity contribution in [3.05, 3.63) is 0 Å². The molecule has 0 saturated carbocycles. The summed E-state index contributed by atoms with van der Waals surface area (Å²) in [6, 6.07) is 0. The number of thioether (sulfide) groups is 1. The summed E-state index contributed by atoms with van der Waals surface area (Å²) < 4.78 is 5.84.